The van der Waals surface area contributed by atoms with Crippen LogP contribution in [0.5, 0.6) is 5.75 Å². The molecule has 0 radical (unpaired) electrons. The van der Waals surface area contributed by atoms with Crippen LogP contribution in [-0.4, -0.2) is 39.8 Å². The zero-order chi connectivity index (χ0) is 22.8. The van der Waals surface area contributed by atoms with Crippen molar-refractivity contribution in [1.29, 1.82) is 0 Å². The maximum Gasteiger partial charge on any atom is 0.418 e. The van der Waals surface area contributed by atoms with Crippen LogP contribution >= 0.6 is 0 Å². The molecule has 0 spiro atoms. The van der Waals surface area contributed by atoms with Gasteiger partial charge < -0.3 is 20.9 Å². The Morgan fingerprint density at radius 1 is 1.29 bits per heavy atom. The van der Waals surface area contributed by atoms with Crippen LogP contribution in [0.2, 0.25) is 0 Å². The fourth-order valence-electron chi connectivity index (χ4n) is 4.47. The third-order valence-corrected chi connectivity index (χ3v) is 6.05. The summed E-state index contributed by atoms with van der Waals surface area (Å²) in [7, 11) is 0. The number of phenolic OH excluding ortho intramolecular Hbond substituents is 1. The minimum Gasteiger partial charge on any atom is -0.508 e. The van der Waals surface area contributed by atoms with E-state index in [9.17, 15) is 32.3 Å². The standard InChI is InChI=1S/C20H17F4N3O4/c1-18-8-19(18,20(22,23)24)31-15(14(18)11-3-2-9(21)6-13(11)28)17(30)27-10-4-5-26-12(7-10)16(25)29/h2-7,14-15,28H,8H2,1H3,(H2,25,29)(H,26,27,30)/t14-,15+,18+,19+/m0/s1. The number of ether oxygens (including phenoxy) is 1. The molecule has 1 aliphatic carbocycles. The Morgan fingerprint density at radius 3 is 2.61 bits per heavy atom. The molecule has 1 aromatic carbocycles. The monoisotopic (exact) mass is 439 g/mol. The van der Waals surface area contributed by atoms with Crippen molar-refractivity contribution in [2.24, 2.45) is 11.1 Å². The van der Waals surface area contributed by atoms with E-state index in [4.69, 9.17) is 10.5 Å². The zero-order valence-corrected chi connectivity index (χ0v) is 16.0. The third kappa shape index (κ3) is 3.11. The average Bonchev–Trinajstić information content (AvgIpc) is 3.20. The number of hydrogen-bond acceptors (Lipinski definition) is 5. The smallest absolute Gasteiger partial charge is 0.418 e. The lowest BCUT2D eigenvalue weighted by molar-refractivity contribution is -0.240. The van der Waals surface area contributed by atoms with Gasteiger partial charge in [-0.15, -0.1) is 0 Å². The molecule has 7 nitrogen and oxygen atoms in total. The van der Waals surface area contributed by atoms with Crippen LogP contribution in [0, 0.1) is 11.2 Å². The van der Waals surface area contributed by atoms with Gasteiger partial charge >= 0.3 is 6.18 Å². The van der Waals surface area contributed by atoms with Crippen molar-refractivity contribution in [2.75, 3.05) is 5.32 Å². The average molecular weight is 439 g/mol. The van der Waals surface area contributed by atoms with E-state index in [1.165, 1.54) is 25.3 Å². The number of fused-ring (bicyclic) bond motifs is 1. The number of amides is 2. The molecule has 2 fully saturated rings. The lowest BCUT2D eigenvalue weighted by Crippen LogP contribution is -2.39. The van der Waals surface area contributed by atoms with Gasteiger partial charge in [0.25, 0.3) is 11.8 Å². The van der Waals surface area contributed by atoms with Gasteiger partial charge in [-0.25, -0.2) is 4.39 Å². The van der Waals surface area contributed by atoms with Crippen molar-refractivity contribution in [3.8, 4) is 5.75 Å². The van der Waals surface area contributed by atoms with E-state index < -0.39 is 59.0 Å². The molecule has 2 aromatic rings. The first-order valence-electron chi connectivity index (χ1n) is 9.19. The number of pyridine rings is 1. The second kappa shape index (κ2) is 6.64. The highest BCUT2D eigenvalue weighted by molar-refractivity contribution is 5.97. The summed E-state index contributed by atoms with van der Waals surface area (Å²) in [5, 5.41) is 12.6. The highest BCUT2D eigenvalue weighted by atomic mass is 19.4. The Labute approximate surface area is 173 Å². The molecular weight excluding hydrogens is 422 g/mol. The number of nitrogens with zero attached hydrogens (tertiary/aromatic N) is 1. The zero-order valence-electron chi connectivity index (χ0n) is 16.0. The maximum atomic E-state index is 13.9. The van der Waals surface area contributed by atoms with Crippen molar-refractivity contribution in [3.63, 3.8) is 0 Å². The molecule has 1 saturated carbocycles. The summed E-state index contributed by atoms with van der Waals surface area (Å²) in [4.78, 5) is 27.9. The van der Waals surface area contributed by atoms with Gasteiger partial charge in [0, 0.05) is 34.8 Å². The normalized spacial score (nSPS) is 29.3. The Hall–Kier alpha value is -3.21. The maximum absolute atomic E-state index is 13.9. The molecule has 164 valence electrons. The number of carbonyl (C=O) groups is 2. The van der Waals surface area contributed by atoms with Gasteiger partial charge in [-0.3, -0.25) is 14.6 Å². The molecule has 1 aromatic heterocycles. The van der Waals surface area contributed by atoms with Crippen LogP contribution in [0.4, 0.5) is 23.2 Å². The van der Waals surface area contributed by atoms with Gasteiger partial charge in [-0.2, -0.15) is 13.2 Å². The van der Waals surface area contributed by atoms with Crippen molar-refractivity contribution in [1.82, 2.24) is 4.98 Å². The lowest BCUT2D eigenvalue weighted by Gasteiger charge is -2.25. The first-order chi connectivity index (χ1) is 14.4. The summed E-state index contributed by atoms with van der Waals surface area (Å²) >= 11 is 0. The Morgan fingerprint density at radius 2 is 2.00 bits per heavy atom. The van der Waals surface area contributed by atoms with Gasteiger partial charge in [-0.05, 0) is 24.6 Å². The third-order valence-electron chi connectivity index (χ3n) is 6.05. The Balaban J connectivity index is 1.72. The number of nitrogens with one attached hydrogen (secondary N) is 1. The largest absolute Gasteiger partial charge is 0.508 e. The number of aromatic nitrogens is 1. The lowest BCUT2D eigenvalue weighted by atomic mass is 9.79. The molecule has 2 aliphatic rings. The van der Waals surface area contributed by atoms with E-state index in [0.717, 1.165) is 18.2 Å². The van der Waals surface area contributed by atoms with Crippen LogP contribution < -0.4 is 11.1 Å². The second-order valence-electron chi connectivity index (χ2n) is 7.92. The number of rotatable bonds is 4. The predicted molar refractivity (Wildman–Crippen MR) is 98.6 cm³/mol. The summed E-state index contributed by atoms with van der Waals surface area (Å²) in [6.45, 7) is 1.32. The predicted octanol–water partition coefficient (Wildman–Crippen LogP) is 2.86. The minimum atomic E-state index is -4.76. The number of nitrogens with two attached hydrogens (primary N) is 1. The number of hydrogen-bond donors (Lipinski definition) is 3. The molecule has 1 aliphatic heterocycles. The van der Waals surface area contributed by atoms with Crippen molar-refractivity contribution < 1.29 is 37.0 Å². The van der Waals surface area contributed by atoms with Gasteiger partial charge in [0.05, 0.1) is 0 Å². The van der Waals surface area contributed by atoms with E-state index in [2.05, 4.69) is 10.3 Å². The van der Waals surface area contributed by atoms with Gasteiger partial charge in [0.15, 0.2) is 5.60 Å². The van der Waals surface area contributed by atoms with E-state index >= 15 is 0 Å². The number of phenols is 1. The summed E-state index contributed by atoms with van der Waals surface area (Å²) in [5.74, 6) is -4.33. The number of halogens is 4. The quantitative estimate of drug-likeness (QED) is 0.634. The number of benzene rings is 1. The summed E-state index contributed by atoms with van der Waals surface area (Å²) in [5.41, 5.74) is 0.933. The summed E-state index contributed by atoms with van der Waals surface area (Å²) in [6, 6.07) is 5.40. The van der Waals surface area contributed by atoms with Crippen LogP contribution in [0.15, 0.2) is 36.5 Å². The fraction of sp³-hybridized carbons (Fsp3) is 0.350. The van der Waals surface area contributed by atoms with Crippen LogP contribution in [0.1, 0.15) is 35.3 Å². The minimum absolute atomic E-state index is 0.0276. The van der Waals surface area contributed by atoms with E-state index in [-0.39, 0.29) is 16.9 Å². The van der Waals surface area contributed by atoms with Gasteiger partial charge in [-0.1, -0.05) is 13.0 Å². The van der Waals surface area contributed by atoms with Crippen LogP contribution in [-0.2, 0) is 9.53 Å². The summed E-state index contributed by atoms with van der Waals surface area (Å²) in [6.07, 6.45) is -5.61. The number of aromatic hydroxyl groups is 1. The first kappa shape index (κ1) is 21.0. The van der Waals surface area contributed by atoms with Crippen LogP contribution in [0.25, 0.3) is 0 Å². The molecule has 2 heterocycles. The van der Waals surface area contributed by atoms with E-state index in [1.54, 1.807) is 0 Å². The topological polar surface area (TPSA) is 115 Å². The van der Waals surface area contributed by atoms with Crippen molar-refractivity contribution in [2.45, 2.75) is 37.1 Å². The number of carbonyl (C=O) groups excluding carboxylic acids is 2. The molecule has 0 unspecified atom stereocenters. The fourth-order valence-corrected chi connectivity index (χ4v) is 4.47. The summed E-state index contributed by atoms with van der Waals surface area (Å²) < 4.78 is 60.3. The molecule has 0 bridgehead atoms. The second-order valence-corrected chi connectivity index (χ2v) is 7.92. The van der Waals surface area contributed by atoms with Crippen LogP contribution in [0.3, 0.4) is 0 Å². The Bertz CT molecular complexity index is 1090. The number of primary amides is 1. The molecule has 4 rings (SSSR count). The van der Waals surface area contributed by atoms with Gasteiger partial charge in [0.1, 0.15) is 23.4 Å². The molecule has 4 atom stereocenters. The van der Waals surface area contributed by atoms with Crippen molar-refractivity contribution >= 4 is 17.5 Å². The highest BCUT2D eigenvalue weighted by Gasteiger charge is 2.87. The van der Waals surface area contributed by atoms with E-state index in [1.807, 2.05) is 0 Å². The molecule has 2 amide bonds. The molecule has 1 saturated heterocycles. The number of anilines is 1. The van der Waals surface area contributed by atoms with Gasteiger partial charge in [0.2, 0.25) is 0 Å². The van der Waals surface area contributed by atoms with Crippen molar-refractivity contribution in [3.05, 3.63) is 53.6 Å². The Kier molecular flexibility index (Phi) is 4.51. The molecule has 31 heavy (non-hydrogen) atoms. The highest BCUT2D eigenvalue weighted by Crippen LogP contribution is 2.77. The molecule has 4 N–H and O–H groups in total. The number of alkyl halides is 3. The van der Waals surface area contributed by atoms with E-state index in [0.29, 0.717) is 0 Å². The SMILES string of the molecule is C[C@]12C[C@@]1(C(F)(F)F)O[C@@H](C(=O)Nc1ccnc(C(N)=O)c1)[C@@H]2c1ccc(F)cc1O. The molecule has 11 heteroatoms. The molecular formula is C20H17F4N3O4. The first-order valence-corrected chi connectivity index (χ1v) is 9.19.